The van der Waals surface area contributed by atoms with Crippen LogP contribution >= 0.6 is 0 Å². The molecule has 0 N–H and O–H groups in total. The predicted molar refractivity (Wildman–Crippen MR) is 187 cm³/mol. The van der Waals surface area contributed by atoms with Crippen LogP contribution in [0.15, 0.2) is 140 Å². The minimum atomic E-state index is 0. The van der Waals surface area contributed by atoms with Crippen LogP contribution in [0.4, 0.5) is 0 Å². The number of para-hydroxylation sites is 1. The number of hydrogen-bond acceptors (Lipinski definition) is 4. The Bertz CT molecular complexity index is 2630. The second kappa shape index (κ2) is 11.1. The zero-order valence-corrected chi connectivity index (χ0v) is 27.5. The van der Waals surface area contributed by atoms with E-state index in [-0.39, 0.29) is 21.1 Å². The Balaban J connectivity index is 0.00000314. The summed E-state index contributed by atoms with van der Waals surface area (Å²) < 4.78 is 10.7. The molecular formula is C41H23N5OPt. The van der Waals surface area contributed by atoms with Crippen molar-refractivity contribution in [1.82, 2.24) is 23.8 Å². The minimum absolute atomic E-state index is 0. The maximum atomic E-state index is 6.49. The molecular weight excluding hydrogens is 774 g/mol. The number of ether oxygens (including phenoxy) is 1. The van der Waals surface area contributed by atoms with E-state index >= 15 is 0 Å². The molecule has 48 heavy (non-hydrogen) atoms. The van der Waals surface area contributed by atoms with E-state index in [1.54, 1.807) is 0 Å². The molecule has 0 amide bonds. The molecule has 6 nitrogen and oxygen atoms in total. The van der Waals surface area contributed by atoms with Gasteiger partial charge >= 0.3 is 21.1 Å². The van der Waals surface area contributed by atoms with Crippen LogP contribution in [0.3, 0.4) is 0 Å². The summed E-state index contributed by atoms with van der Waals surface area (Å²) >= 11 is 0. The Kier molecular flexibility index (Phi) is 6.59. The van der Waals surface area contributed by atoms with Gasteiger partial charge in [0.05, 0.1) is 33.7 Å². The van der Waals surface area contributed by atoms with E-state index in [0.717, 1.165) is 77.3 Å². The van der Waals surface area contributed by atoms with Gasteiger partial charge in [0.15, 0.2) is 0 Å². The van der Waals surface area contributed by atoms with E-state index in [9.17, 15) is 0 Å². The molecule has 228 valence electrons. The topological polar surface area (TPSA) is 56.7 Å². The van der Waals surface area contributed by atoms with Crippen LogP contribution in [-0.2, 0) is 21.1 Å². The first kappa shape index (κ1) is 28.4. The fraction of sp³-hybridized carbons (Fsp3) is 0. The fourth-order valence-electron chi connectivity index (χ4n) is 6.65. The molecule has 5 aromatic heterocycles. The average Bonchev–Trinajstić information content (AvgIpc) is 3.80. The van der Waals surface area contributed by atoms with Crippen LogP contribution in [0.5, 0.6) is 11.5 Å². The number of rotatable bonds is 4. The standard InChI is InChI=1S/C41H23N5O.Pt/c1-3-10-26(11-4-1)35-24-45-37-15-8-7-14-31(37)30-19-17-28(22-33(30)40(45)43-35)47-29-18-20-32-34(23-29)41-44-36(27-12-5-2-6-13-27)25-46(41)38-16-9-21-42-39(32)38;/h1-21,24-25H;/q-2;+2. The summed E-state index contributed by atoms with van der Waals surface area (Å²) in [5.41, 5.74) is 8.50. The molecule has 0 saturated carbocycles. The SMILES string of the molecule is [Pt+2].[c-]1c(Oc2[c-]c3c(cc2)c2ncccc2n2cc(-c4ccccc4)nc32)ccc2c1c1nc(-c3ccccc3)cn1c1ccccc21. The average molecular weight is 797 g/mol. The third-order valence-corrected chi connectivity index (χ3v) is 8.81. The third kappa shape index (κ3) is 4.41. The number of imidazole rings is 2. The van der Waals surface area contributed by atoms with Gasteiger partial charge in [0.25, 0.3) is 0 Å². The van der Waals surface area contributed by atoms with Crippen molar-refractivity contribution in [3.63, 3.8) is 0 Å². The molecule has 5 heterocycles. The number of nitrogens with zero attached hydrogens (tertiary/aromatic N) is 5. The van der Waals surface area contributed by atoms with Crippen molar-refractivity contribution in [3.8, 4) is 34.0 Å². The minimum Gasteiger partial charge on any atom is -0.497 e. The van der Waals surface area contributed by atoms with Gasteiger partial charge in [-0.05, 0) is 23.6 Å². The number of fused-ring (bicyclic) bond motifs is 12. The Morgan fingerprint density at radius 1 is 0.500 bits per heavy atom. The molecule has 7 heteroatoms. The van der Waals surface area contributed by atoms with Gasteiger partial charge in [-0.2, -0.15) is 0 Å². The largest absolute Gasteiger partial charge is 2.00 e. The summed E-state index contributed by atoms with van der Waals surface area (Å²) in [7, 11) is 0. The van der Waals surface area contributed by atoms with Crippen molar-refractivity contribution in [2.24, 2.45) is 0 Å². The van der Waals surface area contributed by atoms with Crippen LogP contribution < -0.4 is 4.74 Å². The van der Waals surface area contributed by atoms with Crippen molar-refractivity contribution >= 4 is 54.8 Å². The van der Waals surface area contributed by atoms with Crippen molar-refractivity contribution < 1.29 is 25.8 Å². The van der Waals surface area contributed by atoms with E-state index in [2.05, 4.69) is 94.0 Å². The second-order valence-electron chi connectivity index (χ2n) is 11.6. The van der Waals surface area contributed by atoms with Gasteiger partial charge in [0.2, 0.25) is 0 Å². The number of hydrogen-bond donors (Lipinski definition) is 0. The molecule has 0 radical (unpaired) electrons. The Hall–Kier alpha value is -5.84. The molecule has 0 bridgehead atoms. The second-order valence-corrected chi connectivity index (χ2v) is 11.6. The van der Waals surface area contributed by atoms with Gasteiger partial charge in [-0.1, -0.05) is 125 Å². The van der Waals surface area contributed by atoms with E-state index in [4.69, 9.17) is 19.7 Å². The van der Waals surface area contributed by atoms with E-state index in [1.807, 2.05) is 66.9 Å². The summed E-state index contributed by atoms with van der Waals surface area (Å²) in [6.45, 7) is 0. The first-order valence-electron chi connectivity index (χ1n) is 15.4. The van der Waals surface area contributed by atoms with Gasteiger partial charge in [-0.25, -0.2) is 0 Å². The predicted octanol–water partition coefficient (Wildman–Crippen LogP) is 9.71. The van der Waals surface area contributed by atoms with Crippen molar-refractivity contribution in [2.45, 2.75) is 0 Å². The Morgan fingerprint density at radius 2 is 1.04 bits per heavy atom. The molecule has 0 aliphatic heterocycles. The normalized spacial score (nSPS) is 11.6. The maximum Gasteiger partial charge on any atom is 2.00 e. The van der Waals surface area contributed by atoms with Crippen LogP contribution in [-0.4, -0.2) is 23.8 Å². The molecule has 0 spiro atoms. The molecule has 10 rings (SSSR count). The molecule has 0 atom stereocenters. The van der Waals surface area contributed by atoms with E-state index in [1.165, 1.54) is 0 Å². The molecule has 0 fully saturated rings. The van der Waals surface area contributed by atoms with Crippen LogP contribution in [0.1, 0.15) is 0 Å². The Morgan fingerprint density at radius 3 is 1.71 bits per heavy atom. The monoisotopic (exact) mass is 796 g/mol. The van der Waals surface area contributed by atoms with Crippen molar-refractivity contribution in [2.75, 3.05) is 0 Å². The van der Waals surface area contributed by atoms with E-state index in [0.29, 0.717) is 11.5 Å². The molecule has 0 saturated heterocycles. The fourth-order valence-corrected chi connectivity index (χ4v) is 6.65. The third-order valence-electron chi connectivity index (χ3n) is 8.81. The van der Waals surface area contributed by atoms with E-state index < -0.39 is 0 Å². The van der Waals surface area contributed by atoms with Gasteiger partial charge in [-0.3, -0.25) is 15.0 Å². The first-order valence-corrected chi connectivity index (χ1v) is 15.4. The quantitative estimate of drug-likeness (QED) is 0.132. The summed E-state index contributed by atoms with van der Waals surface area (Å²) in [5, 5.41) is 4.89. The van der Waals surface area contributed by atoms with Gasteiger partial charge in [-0.15, -0.1) is 12.1 Å². The smallest absolute Gasteiger partial charge is 0.497 e. The van der Waals surface area contributed by atoms with Crippen molar-refractivity contribution in [3.05, 3.63) is 152 Å². The van der Waals surface area contributed by atoms with Gasteiger partial charge in [0, 0.05) is 46.7 Å². The molecule has 0 aliphatic rings. The van der Waals surface area contributed by atoms with Gasteiger partial charge < -0.3 is 13.5 Å². The number of benzene rings is 5. The van der Waals surface area contributed by atoms with Crippen LogP contribution in [0.2, 0.25) is 0 Å². The van der Waals surface area contributed by atoms with Crippen LogP contribution in [0.25, 0.3) is 77.3 Å². The summed E-state index contributed by atoms with van der Waals surface area (Å²) in [5.74, 6) is 1.15. The summed E-state index contributed by atoms with van der Waals surface area (Å²) in [6.07, 6.45) is 5.99. The maximum absolute atomic E-state index is 6.49. The molecule has 10 aromatic rings. The first-order chi connectivity index (χ1) is 23.3. The zero-order valence-electron chi connectivity index (χ0n) is 25.2. The van der Waals surface area contributed by atoms with Crippen LogP contribution in [0, 0.1) is 12.1 Å². The molecule has 0 aliphatic carbocycles. The molecule has 0 unspecified atom stereocenters. The van der Waals surface area contributed by atoms with Crippen molar-refractivity contribution in [1.29, 1.82) is 0 Å². The van der Waals surface area contributed by atoms with Gasteiger partial charge in [0.1, 0.15) is 0 Å². The molecule has 5 aromatic carbocycles. The number of pyridine rings is 3. The zero-order chi connectivity index (χ0) is 30.9. The summed E-state index contributed by atoms with van der Waals surface area (Å²) in [4.78, 5) is 14.9. The number of aromatic nitrogens is 5. The summed E-state index contributed by atoms with van der Waals surface area (Å²) in [6, 6.07) is 48.0. The Labute approximate surface area is 289 Å².